The van der Waals surface area contributed by atoms with Crippen molar-refractivity contribution < 1.29 is 85.6 Å². The molecule has 2 aromatic rings. The lowest BCUT2D eigenvalue weighted by atomic mass is 9.87. The van der Waals surface area contributed by atoms with Crippen LogP contribution in [0.1, 0.15) is 104 Å². The first-order valence-electron chi connectivity index (χ1n) is 23.9. The van der Waals surface area contributed by atoms with E-state index < -0.39 is 90.7 Å². The van der Waals surface area contributed by atoms with Crippen LogP contribution in [0.4, 0.5) is 5.82 Å². The number of hydrogen-bond acceptors (Lipinski definition) is 23. The van der Waals surface area contributed by atoms with Gasteiger partial charge in [0.2, 0.25) is 11.8 Å². The number of nitrogen functional groups attached to an aromatic ring is 1. The average molecular weight is 1120 g/mol. The summed E-state index contributed by atoms with van der Waals surface area (Å²) in [6.07, 6.45) is 22.1. The van der Waals surface area contributed by atoms with Gasteiger partial charge < -0.3 is 74.1 Å². The molecule has 2 amide bonds. The molecule has 416 valence electrons. The van der Waals surface area contributed by atoms with Gasteiger partial charge in [-0.3, -0.25) is 28.1 Å². The highest BCUT2D eigenvalue weighted by Gasteiger charge is 2.47. The molecule has 0 spiro atoms. The summed E-state index contributed by atoms with van der Waals surface area (Å²) in [5.74, 6) is -1.39. The fourth-order valence-electron chi connectivity index (χ4n) is 6.75. The van der Waals surface area contributed by atoms with Crippen molar-refractivity contribution >= 4 is 69.1 Å². The number of fused-ring (bicyclic) bond motifs is 1. The van der Waals surface area contributed by atoms with Crippen molar-refractivity contribution in [3.63, 3.8) is 0 Å². The number of phosphoric acid groups is 3. The van der Waals surface area contributed by atoms with E-state index in [0.717, 1.165) is 61.1 Å². The number of allylic oxidation sites excluding steroid dienone is 10. The molecule has 0 aromatic carbocycles. The minimum atomic E-state index is -5.94. The van der Waals surface area contributed by atoms with Gasteiger partial charge in [-0.2, -0.15) is 0 Å². The number of aliphatic hydroxyl groups is 3. The Labute approximate surface area is 434 Å². The minimum Gasteiger partial charge on any atom is -0.790 e. The molecule has 0 bridgehead atoms. The molecule has 0 radical (unpaired) electrons. The van der Waals surface area contributed by atoms with E-state index in [9.17, 15) is 63.0 Å². The van der Waals surface area contributed by atoms with Gasteiger partial charge in [0.15, 0.2) is 22.8 Å². The summed E-state index contributed by atoms with van der Waals surface area (Å²) < 4.78 is 60.8. The molecule has 74 heavy (non-hydrogen) atoms. The number of phosphoric ester groups is 3. The molecule has 1 fully saturated rings. The highest BCUT2D eigenvalue weighted by atomic mass is 32.2. The van der Waals surface area contributed by atoms with E-state index in [2.05, 4.69) is 99.0 Å². The Morgan fingerprint density at radius 1 is 0.878 bits per heavy atom. The van der Waals surface area contributed by atoms with E-state index in [1.54, 1.807) is 0 Å². The number of nitrogens with zero attached hydrogens (tertiary/aromatic N) is 4. The summed E-state index contributed by atoms with van der Waals surface area (Å²) in [7, 11) is -17.7. The Bertz CT molecular complexity index is 2380. The highest BCUT2D eigenvalue weighted by molar-refractivity contribution is 8.13. The van der Waals surface area contributed by atoms with Gasteiger partial charge in [-0.1, -0.05) is 106 Å². The third-order valence-corrected chi connectivity index (χ3v) is 14.6. The van der Waals surface area contributed by atoms with Crippen LogP contribution in [0.25, 0.3) is 11.2 Å². The van der Waals surface area contributed by atoms with Crippen molar-refractivity contribution in [1.82, 2.24) is 30.2 Å². The maximum absolute atomic E-state index is 12.7. The number of carbonyl (C=O) groups is 3. The number of nitrogens with one attached hydrogen (secondary N) is 2. The Morgan fingerprint density at radius 3 is 2.11 bits per heavy atom. The van der Waals surface area contributed by atoms with E-state index in [1.165, 1.54) is 33.1 Å². The highest BCUT2D eigenvalue weighted by Crippen LogP contribution is 2.56. The number of unbranched alkanes of at least 4 members (excludes halogenated alkanes) is 3. The molecule has 0 aliphatic carbocycles. The SMILES string of the molecule is CCCCC/C=C\C/C=C\C/C=C\C/C=C\C/C=C\CC[C@H](O)CC(=O)SCCNC(=O)CCNC(=O)[C@H](O)C(C)(C)COP(=O)([O-])OP(=O)([O-])OC[C@H]1O[C@@H](n2cnc3c(N)ncnc32)[C@H](O)[C@@H]1OP(=O)([O-])[O-]. The van der Waals surface area contributed by atoms with Crippen molar-refractivity contribution in [2.75, 3.05) is 37.8 Å². The van der Waals surface area contributed by atoms with Crippen molar-refractivity contribution in [3.8, 4) is 0 Å². The third-order valence-electron chi connectivity index (χ3n) is 10.7. The summed E-state index contributed by atoms with van der Waals surface area (Å²) in [5, 5.41) is 36.4. The summed E-state index contributed by atoms with van der Waals surface area (Å²) in [5.41, 5.74) is 4.05. The number of anilines is 1. The Balaban J connectivity index is 1.28. The van der Waals surface area contributed by atoms with Crippen LogP contribution in [0.5, 0.6) is 0 Å². The molecule has 7 N–H and O–H groups in total. The number of amides is 2. The van der Waals surface area contributed by atoms with Crippen molar-refractivity contribution in [3.05, 3.63) is 73.4 Å². The minimum absolute atomic E-state index is 0.0271. The average Bonchev–Trinajstić information content (AvgIpc) is 3.89. The van der Waals surface area contributed by atoms with Crippen LogP contribution in [0, 0.1) is 5.41 Å². The number of ether oxygens (including phenoxy) is 1. The van der Waals surface area contributed by atoms with E-state index in [0.29, 0.717) is 12.8 Å². The van der Waals surface area contributed by atoms with Gasteiger partial charge in [0.1, 0.15) is 36.3 Å². The van der Waals surface area contributed by atoms with Crippen molar-refractivity contribution in [2.45, 2.75) is 135 Å². The largest absolute Gasteiger partial charge is 0.790 e. The van der Waals surface area contributed by atoms with Gasteiger partial charge in [0, 0.05) is 37.1 Å². The zero-order valence-electron chi connectivity index (χ0n) is 41.5. The lowest BCUT2D eigenvalue weighted by Crippen LogP contribution is -2.46. The van der Waals surface area contributed by atoms with Gasteiger partial charge in [-0.15, -0.1) is 0 Å². The van der Waals surface area contributed by atoms with Crippen LogP contribution in [-0.4, -0.2) is 114 Å². The fourth-order valence-corrected chi connectivity index (χ4v) is 10.2. The number of thioether (sulfide) groups is 1. The molecular weight excluding hydrogens is 1050 g/mol. The normalized spacial score (nSPS) is 20.3. The maximum Gasteiger partial charge on any atom is 0.274 e. The van der Waals surface area contributed by atoms with Crippen LogP contribution >= 0.6 is 35.2 Å². The first-order chi connectivity index (χ1) is 34.9. The number of aromatic nitrogens is 4. The molecule has 0 saturated carbocycles. The summed E-state index contributed by atoms with van der Waals surface area (Å²) in [4.78, 5) is 97.1. The first-order valence-corrected chi connectivity index (χ1v) is 29.2. The third kappa shape index (κ3) is 24.9. The van der Waals surface area contributed by atoms with Crippen LogP contribution < -0.4 is 35.9 Å². The molecule has 3 rings (SSSR count). The Hall–Kier alpha value is -3.78. The molecule has 8 atom stereocenters. The zero-order chi connectivity index (χ0) is 54.8. The van der Waals surface area contributed by atoms with Crippen LogP contribution in [0.15, 0.2) is 73.4 Å². The first kappa shape index (κ1) is 64.5. The lowest BCUT2D eigenvalue weighted by molar-refractivity contribution is -0.347. The van der Waals surface area contributed by atoms with Gasteiger partial charge in [-0.05, 0) is 51.4 Å². The molecule has 1 saturated heterocycles. The number of hydrogen-bond donors (Lipinski definition) is 6. The number of rotatable bonds is 36. The van der Waals surface area contributed by atoms with Gasteiger partial charge in [0.05, 0.1) is 33.5 Å². The molecule has 25 nitrogen and oxygen atoms in total. The smallest absolute Gasteiger partial charge is 0.274 e. The number of aliphatic hydroxyl groups excluding tert-OH is 3. The summed E-state index contributed by atoms with van der Waals surface area (Å²) in [6.45, 7) is 2.14. The molecule has 29 heteroatoms. The maximum atomic E-state index is 12.7. The Kier molecular flexibility index (Phi) is 28.5. The fraction of sp³-hybridized carbons (Fsp3) is 0.600. The zero-order valence-corrected chi connectivity index (χ0v) is 45.0. The van der Waals surface area contributed by atoms with Gasteiger partial charge in [-0.25, -0.2) is 19.3 Å². The number of nitrogens with two attached hydrogens (primary N) is 1. The monoisotopic (exact) mass is 1120 g/mol. The van der Waals surface area contributed by atoms with E-state index in [1.807, 2.05) is 12.2 Å². The van der Waals surface area contributed by atoms with Gasteiger partial charge >= 0.3 is 0 Å². The predicted molar refractivity (Wildman–Crippen MR) is 266 cm³/mol. The summed E-state index contributed by atoms with van der Waals surface area (Å²) >= 11 is 0.954. The van der Waals surface area contributed by atoms with Crippen LogP contribution in [0.3, 0.4) is 0 Å². The van der Waals surface area contributed by atoms with Crippen LogP contribution in [-0.2, 0) is 50.7 Å². The number of imidazole rings is 1. The van der Waals surface area contributed by atoms with Crippen LogP contribution in [0.2, 0.25) is 0 Å². The quantitative estimate of drug-likeness (QED) is 0.0324. The number of carbonyl (C=O) groups excluding carboxylic acids is 3. The molecule has 1 aliphatic rings. The molecule has 2 unspecified atom stereocenters. The van der Waals surface area contributed by atoms with E-state index in [-0.39, 0.29) is 53.8 Å². The van der Waals surface area contributed by atoms with Crippen molar-refractivity contribution in [2.24, 2.45) is 5.41 Å². The molecule has 3 heterocycles. The molecule has 2 aromatic heterocycles. The Morgan fingerprint density at radius 2 is 1.49 bits per heavy atom. The van der Waals surface area contributed by atoms with Crippen molar-refractivity contribution in [1.29, 1.82) is 0 Å². The van der Waals surface area contributed by atoms with E-state index in [4.69, 9.17) is 10.5 Å². The standard InChI is InChI=1S/C45H72N7O18P3S/c1-4-5-6-7-8-9-10-11-12-13-14-15-16-17-18-19-20-21-22-23-33(53)28-36(55)74-27-26-47-35(54)24-25-48-43(58)40(57)45(2,3)30-67-73(64,65)70-72(62,63)66-29-34-39(69-71(59,60)61)38(56)44(68-34)52-32-51-37-41(46)49-31-50-42(37)52/h8-9,11-12,14-15,17-18,20-21,31-34,38-40,44,53,56-57H,4-7,10,13,16,19,22-30H2,1-3H3,(H,47,54)(H,48,58)(H,62,63)(H,64,65)(H2,46,49,50)(H2,59,60,61)/p-4/b9-8-,12-11-,15-14-,18-17-,21-20-/t33-,34+,38+,39+,40-,44+/m0/s1. The second-order valence-corrected chi connectivity index (χ2v) is 22.7. The van der Waals surface area contributed by atoms with Gasteiger partial charge in [0.25, 0.3) is 15.6 Å². The molecular formula is C45H68N7O18P3S-4. The lowest BCUT2D eigenvalue weighted by Gasteiger charge is -2.36. The predicted octanol–water partition coefficient (Wildman–Crippen LogP) is 2.59. The van der Waals surface area contributed by atoms with E-state index >= 15 is 0 Å². The second-order valence-electron chi connectivity index (χ2n) is 17.4. The topological polar surface area (TPSA) is 395 Å². The second kappa shape index (κ2) is 32.7. The molecule has 1 aliphatic heterocycles. The summed E-state index contributed by atoms with van der Waals surface area (Å²) in [6, 6.07) is 0.